The number of rotatable bonds is 4. The summed E-state index contributed by atoms with van der Waals surface area (Å²) in [6.07, 6.45) is 7.94. The molecule has 1 atom stereocenters. The maximum absolute atomic E-state index is 3.93. The van der Waals surface area contributed by atoms with Gasteiger partial charge in [-0.05, 0) is 44.7 Å². The van der Waals surface area contributed by atoms with E-state index in [1.807, 2.05) is 11.3 Å². The highest BCUT2D eigenvalue weighted by Crippen LogP contribution is 2.38. The van der Waals surface area contributed by atoms with Crippen molar-refractivity contribution in [1.29, 1.82) is 0 Å². The van der Waals surface area contributed by atoms with Crippen LogP contribution in [0.25, 0.3) is 0 Å². The molecule has 1 spiro atoms. The number of nitrogens with one attached hydrogen (secondary N) is 1. The van der Waals surface area contributed by atoms with Crippen molar-refractivity contribution in [3.8, 4) is 0 Å². The van der Waals surface area contributed by atoms with Gasteiger partial charge in [-0.2, -0.15) is 0 Å². The van der Waals surface area contributed by atoms with Crippen LogP contribution in [-0.2, 0) is 13.0 Å². The van der Waals surface area contributed by atoms with Gasteiger partial charge >= 0.3 is 0 Å². The van der Waals surface area contributed by atoms with Crippen molar-refractivity contribution in [2.45, 2.75) is 76.9 Å². The number of hydrogen-bond acceptors (Lipinski definition) is 3. The summed E-state index contributed by atoms with van der Waals surface area (Å²) in [5.74, 6) is 0. The Morgan fingerprint density at radius 3 is 2.52 bits per heavy atom. The summed E-state index contributed by atoms with van der Waals surface area (Å²) < 4.78 is 0. The first-order valence-electron chi connectivity index (χ1n) is 8.67. The molecule has 1 aliphatic carbocycles. The van der Waals surface area contributed by atoms with Gasteiger partial charge in [-0.1, -0.05) is 26.7 Å². The van der Waals surface area contributed by atoms with Crippen molar-refractivity contribution in [2.75, 3.05) is 13.1 Å². The molecule has 3 rings (SSSR count). The van der Waals surface area contributed by atoms with Crippen LogP contribution >= 0.6 is 11.3 Å². The normalized spacial score (nSPS) is 29.3. The molecular formula is C18H30N2S. The average Bonchev–Trinajstić information content (AvgIpc) is 3.13. The molecule has 2 fully saturated rings. The van der Waals surface area contributed by atoms with Gasteiger partial charge in [0.05, 0.1) is 0 Å². The van der Waals surface area contributed by atoms with Crippen molar-refractivity contribution < 1.29 is 0 Å². The van der Waals surface area contributed by atoms with E-state index in [-0.39, 0.29) is 0 Å². The standard InChI is InChI=1S/C18H30N2S/c1-4-15-8-9-16(21-15)12-20-14-18(10-6-7-11-18)19-13-17(20,3)5-2/h8-9,19H,4-7,10-14H2,1-3H3. The summed E-state index contributed by atoms with van der Waals surface area (Å²) in [6, 6.07) is 4.67. The third kappa shape index (κ3) is 3.06. The fourth-order valence-electron chi connectivity index (χ4n) is 3.97. The predicted molar refractivity (Wildman–Crippen MR) is 92.0 cm³/mol. The molecule has 1 aromatic rings. The summed E-state index contributed by atoms with van der Waals surface area (Å²) in [5.41, 5.74) is 0.726. The molecule has 1 saturated heterocycles. The van der Waals surface area contributed by atoms with Crippen molar-refractivity contribution in [2.24, 2.45) is 0 Å². The smallest absolute Gasteiger partial charge is 0.0334 e. The Kier molecular flexibility index (Phi) is 4.45. The van der Waals surface area contributed by atoms with Crippen LogP contribution in [0, 0.1) is 0 Å². The molecule has 2 nitrogen and oxygen atoms in total. The molecular weight excluding hydrogens is 276 g/mol. The molecule has 2 heterocycles. The SMILES string of the molecule is CCc1ccc(CN2CC3(CCCC3)NCC2(C)CC)s1. The van der Waals surface area contributed by atoms with E-state index in [9.17, 15) is 0 Å². The quantitative estimate of drug-likeness (QED) is 0.897. The van der Waals surface area contributed by atoms with Crippen LogP contribution in [0.5, 0.6) is 0 Å². The van der Waals surface area contributed by atoms with Gasteiger partial charge in [0.25, 0.3) is 0 Å². The zero-order valence-corrected chi connectivity index (χ0v) is 14.7. The lowest BCUT2D eigenvalue weighted by Crippen LogP contribution is -2.67. The maximum Gasteiger partial charge on any atom is 0.0334 e. The topological polar surface area (TPSA) is 15.3 Å². The highest BCUT2D eigenvalue weighted by atomic mass is 32.1. The van der Waals surface area contributed by atoms with Crippen LogP contribution in [0.3, 0.4) is 0 Å². The molecule has 1 aromatic heterocycles. The number of nitrogens with zero attached hydrogens (tertiary/aromatic N) is 1. The molecule has 1 saturated carbocycles. The van der Waals surface area contributed by atoms with Crippen LogP contribution in [0.1, 0.15) is 62.6 Å². The predicted octanol–water partition coefficient (Wildman–Crippen LogP) is 4.20. The van der Waals surface area contributed by atoms with Crippen molar-refractivity contribution in [3.63, 3.8) is 0 Å². The van der Waals surface area contributed by atoms with Gasteiger partial charge in [-0.25, -0.2) is 0 Å². The molecule has 1 unspecified atom stereocenters. The maximum atomic E-state index is 3.93. The Morgan fingerprint density at radius 2 is 1.90 bits per heavy atom. The van der Waals surface area contributed by atoms with Gasteiger partial charge in [-0.3, -0.25) is 4.90 Å². The lowest BCUT2D eigenvalue weighted by Gasteiger charge is -2.52. The van der Waals surface area contributed by atoms with Gasteiger partial charge in [0.1, 0.15) is 0 Å². The van der Waals surface area contributed by atoms with Gasteiger partial charge in [-0.15, -0.1) is 11.3 Å². The molecule has 2 aliphatic rings. The molecule has 0 aromatic carbocycles. The average molecular weight is 307 g/mol. The van der Waals surface area contributed by atoms with Gasteiger partial charge < -0.3 is 5.32 Å². The molecule has 21 heavy (non-hydrogen) atoms. The second-order valence-corrected chi connectivity index (χ2v) is 8.52. The first kappa shape index (κ1) is 15.5. The van der Waals surface area contributed by atoms with E-state index in [2.05, 4.69) is 43.1 Å². The summed E-state index contributed by atoms with van der Waals surface area (Å²) in [5, 5.41) is 3.93. The monoisotopic (exact) mass is 306 g/mol. The van der Waals surface area contributed by atoms with Crippen molar-refractivity contribution in [1.82, 2.24) is 10.2 Å². The van der Waals surface area contributed by atoms with E-state index in [4.69, 9.17) is 0 Å². The Labute approximate surface area is 133 Å². The summed E-state index contributed by atoms with van der Waals surface area (Å²) in [7, 11) is 0. The zero-order valence-electron chi connectivity index (χ0n) is 13.9. The fraction of sp³-hybridized carbons (Fsp3) is 0.778. The molecule has 118 valence electrons. The second kappa shape index (κ2) is 6.02. The summed E-state index contributed by atoms with van der Waals surface area (Å²) in [4.78, 5) is 5.84. The van der Waals surface area contributed by atoms with Gasteiger partial charge in [0, 0.05) is 40.5 Å². The van der Waals surface area contributed by atoms with Crippen LogP contribution in [0.15, 0.2) is 12.1 Å². The number of hydrogen-bond donors (Lipinski definition) is 1. The molecule has 3 heteroatoms. The molecule has 0 amide bonds. The summed E-state index contributed by atoms with van der Waals surface area (Å²) >= 11 is 2.01. The molecule has 0 bridgehead atoms. The van der Waals surface area contributed by atoms with Gasteiger partial charge in [0.2, 0.25) is 0 Å². The first-order valence-corrected chi connectivity index (χ1v) is 9.48. The van der Waals surface area contributed by atoms with Crippen molar-refractivity contribution >= 4 is 11.3 Å². The minimum Gasteiger partial charge on any atom is -0.308 e. The van der Waals surface area contributed by atoms with E-state index < -0.39 is 0 Å². The fourth-order valence-corrected chi connectivity index (χ4v) is 4.94. The minimum atomic E-state index is 0.310. The Balaban J connectivity index is 1.77. The Hall–Kier alpha value is -0.380. The van der Waals surface area contributed by atoms with E-state index in [0.717, 1.165) is 13.1 Å². The van der Waals surface area contributed by atoms with E-state index in [0.29, 0.717) is 11.1 Å². The Morgan fingerprint density at radius 1 is 1.19 bits per heavy atom. The highest BCUT2D eigenvalue weighted by molar-refractivity contribution is 7.11. The third-order valence-electron chi connectivity index (χ3n) is 5.84. The van der Waals surface area contributed by atoms with Crippen molar-refractivity contribution in [3.05, 3.63) is 21.9 Å². The minimum absolute atomic E-state index is 0.310. The van der Waals surface area contributed by atoms with E-state index in [1.165, 1.54) is 49.9 Å². The number of aryl methyl sites for hydroxylation is 1. The summed E-state index contributed by atoms with van der Waals surface area (Å²) in [6.45, 7) is 10.6. The Bertz CT molecular complexity index is 475. The molecule has 1 N–H and O–H groups in total. The van der Waals surface area contributed by atoms with E-state index >= 15 is 0 Å². The lowest BCUT2D eigenvalue weighted by molar-refractivity contribution is 0.00852. The van der Waals surface area contributed by atoms with Crippen LogP contribution < -0.4 is 5.32 Å². The zero-order chi connectivity index (χ0) is 14.9. The van der Waals surface area contributed by atoms with E-state index in [1.54, 1.807) is 4.88 Å². The van der Waals surface area contributed by atoms with Gasteiger partial charge in [0.15, 0.2) is 0 Å². The largest absolute Gasteiger partial charge is 0.308 e. The van der Waals surface area contributed by atoms with Crippen LogP contribution in [0.4, 0.5) is 0 Å². The number of thiophene rings is 1. The highest BCUT2D eigenvalue weighted by Gasteiger charge is 2.45. The second-order valence-electron chi connectivity index (χ2n) is 7.27. The van der Waals surface area contributed by atoms with Crippen LogP contribution in [0.2, 0.25) is 0 Å². The third-order valence-corrected chi connectivity index (χ3v) is 7.05. The molecule has 0 radical (unpaired) electrons. The number of piperazine rings is 1. The first-order chi connectivity index (χ1) is 10.1. The lowest BCUT2D eigenvalue weighted by atomic mass is 9.85. The van der Waals surface area contributed by atoms with Crippen LogP contribution in [-0.4, -0.2) is 29.1 Å². The molecule has 1 aliphatic heterocycles.